The van der Waals surface area contributed by atoms with Crippen molar-refractivity contribution in [2.75, 3.05) is 26.9 Å². The fourth-order valence-corrected chi connectivity index (χ4v) is 4.46. The van der Waals surface area contributed by atoms with Crippen molar-refractivity contribution in [2.24, 2.45) is 0 Å². The van der Waals surface area contributed by atoms with Gasteiger partial charge in [-0.15, -0.1) is 0 Å². The van der Waals surface area contributed by atoms with Crippen LogP contribution in [-0.2, 0) is 29.7 Å². The maximum absolute atomic E-state index is 13.7. The van der Waals surface area contributed by atoms with Gasteiger partial charge in [-0.3, -0.25) is 9.05 Å². The van der Waals surface area contributed by atoms with E-state index in [1.165, 1.54) is 89.2 Å². The maximum atomic E-state index is 13.7. The second-order valence-electron chi connectivity index (χ2n) is 9.51. The van der Waals surface area contributed by atoms with E-state index in [-0.39, 0.29) is 25.4 Å². The Hall–Kier alpha value is -1.33. The first-order valence-corrected chi connectivity index (χ1v) is 15.3. The van der Waals surface area contributed by atoms with Crippen LogP contribution in [-0.4, -0.2) is 37.9 Å². The molecule has 0 saturated carbocycles. The minimum absolute atomic E-state index is 0.00535. The fourth-order valence-electron chi connectivity index (χ4n) is 4.00. The van der Waals surface area contributed by atoms with Crippen molar-refractivity contribution in [1.29, 1.82) is 5.26 Å². The predicted octanol–water partition coefficient (Wildman–Crippen LogP) is 7.84. The van der Waals surface area contributed by atoms with Gasteiger partial charge >= 0.3 is 7.82 Å². The summed E-state index contributed by atoms with van der Waals surface area (Å²) >= 11 is 0. The summed E-state index contributed by atoms with van der Waals surface area (Å²) < 4.78 is 46.1. The molecular formula is C28H47FNO6P. The molecule has 0 aromatic heterocycles. The lowest BCUT2D eigenvalue weighted by Crippen LogP contribution is -2.25. The minimum Gasteiger partial charge on any atom is -0.379 e. The number of benzene rings is 1. The highest BCUT2D eigenvalue weighted by molar-refractivity contribution is 7.47. The van der Waals surface area contributed by atoms with E-state index >= 15 is 0 Å². The first kappa shape index (κ1) is 33.7. The standard InChI is InChI=1S/C28H47FNO6P/c1-3-4-5-6-7-8-9-10-11-12-13-14-15-16-17-34-23-28(24-36-37(31,32)33-2)35-22-26-18-25(21-30)19-27(29)20-26/h18-20,28H,3-17,22-24H2,1-2H3,(H,31,32)/t28-/m0/s1. The smallest absolute Gasteiger partial charge is 0.379 e. The highest BCUT2D eigenvalue weighted by atomic mass is 31.2. The summed E-state index contributed by atoms with van der Waals surface area (Å²) in [5.41, 5.74) is 0.673. The zero-order valence-electron chi connectivity index (χ0n) is 22.8. The molecule has 7 nitrogen and oxygen atoms in total. The van der Waals surface area contributed by atoms with E-state index in [0.29, 0.717) is 12.2 Å². The zero-order valence-corrected chi connectivity index (χ0v) is 23.7. The molecule has 2 atom stereocenters. The van der Waals surface area contributed by atoms with Crippen molar-refractivity contribution in [2.45, 2.75) is 110 Å². The van der Waals surface area contributed by atoms with Gasteiger partial charge in [-0.1, -0.05) is 90.4 Å². The molecule has 0 spiro atoms. The van der Waals surface area contributed by atoms with Gasteiger partial charge in [0.1, 0.15) is 11.9 Å². The molecule has 0 aliphatic heterocycles. The molecule has 1 unspecified atom stereocenters. The van der Waals surface area contributed by atoms with Crippen molar-refractivity contribution < 1.29 is 32.4 Å². The summed E-state index contributed by atoms with van der Waals surface area (Å²) in [6.07, 6.45) is 17.3. The maximum Gasteiger partial charge on any atom is 0.472 e. The van der Waals surface area contributed by atoms with E-state index in [1.807, 2.05) is 6.07 Å². The predicted molar refractivity (Wildman–Crippen MR) is 144 cm³/mol. The van der Waals surface area contributed by atoms with Crippen LogP contribution in [0.2, 0.25) is 0 Å². The third-order valence-corrected chi connectivity index (χ3v) is 7.11. The number of rotatable bonds is 24. The zero-order chi connectivity index (χ0) is 27.2. The highest BCUT2D eigenvalue weighted by Gasteiger charge is 2.22. The van der Waals surface area contributed by atoms with Crippen molar-refractivity contribution in [3.63, 3.8) is 0 Å². The molecule has 37 heavy (non-hydrogen) atoms. The third-order valence-electron chi connectivity index (χ3n) is 6.17. The van der Waals surface area contributed by atoms with E-state index in [4.69, 9.17) is 19.3 Å². The molecule has 0 amide bonds. The van der Waals surface area contributed by atoms with Gasteiger partial charge in [0.15, 0.2) is 0 Å². The van der Waals surface area contributed by atoms with Crippen molar-refractivity contribution in [1.82, 2.24) is 0 Å². The Balaban J connectivity index is 2.19. The largest absolute Gasteiger partial charge is 0.472 e. The van der Waals surface area contributed by atoms with Gasteiger partial charge in [0.05, 0.1) is 31.5 Å². The Kier molecular flexibility index (Phi) is 19.7. The molecule has 0 fully saturated rings. The second-order valence-corrected chi connectivity index (χ2v) is 11.1. The topological polar surface area (TPSA) is 98.0 Å². The SMILES string of the molecule is CCCCCCCCCCCCCCCCOC[C@@H](COP(=O)(O)OC)OCc1cc(F)cc(C#N)c1. The molecule has 9 heteroatoms. The Morgan fingerprint density at radius 2 is 1.49 bits per heavy atom. The molecular weight excluding hydrogens is 496 g/mol. The molecule has 1 N–H and O–H groups in total. The number of unbranched alkanes of at least 4 members (excludes halogenated alkanes) is 13. The van der Waals surface area contributed by atoms with E-state index in [0.717, 1.165) is 26.0 Å². The first-order chi connectivity index (χ1) is 17.9. The number of ether oxygens (including phenoxy) is 2. The van der Waals surface area contributed by atoms with Crippen molar-refractivity contribution in [3.8, 4) is 6.07 Å². The van der Waals surface area contributed by atoms with E-state index in [1.54, 1.807) is 0 Å². The summed E-state index contributed by atoms with van der Waals surface area (Å²) in [7, 11) is -3.08. The van der Waals surface area contributed by atoms with Gasteiger partial charge in [0.25, 0.3) is 0 Å². The average Bonchev–Trinajstić information content (AvgIpc) is 2.89. The van der Waals surface area contributed by atoms with E-state index in [9.17, 15) is 13.8 Å². The first-order valence-electron chi connectivity index (χ1n) is 13.8. The molecule has 0 saturated heterocycles. The quantitative estimate of drug-likeness (QED) is 0.105. The Morgan fingerprint density at radius 1 is 0.919 bits per heavy atom. The van der Waals surface area contributed by atoms with Gasteiger partial charge in [-0.05, 0) is 30.2 Å². The van der Waals surface area contributed by atoms with Gasteiger partial charge in [0.2, 0.25) is 0 Å². The number of phosphoric ester groups is 1. The summed E-state index contributed by atoms with van der Waals surface area (Å²) in [5, 5.41) is 9.00. The van der Waals surface area contributed by atoms with Gasteiger partial charge in [-0.25, -0.2) is 8.96 Å². The fraction of sp³-hybridized carbons (Fsp3) is 0.750. The molecule has 1 aromatic rings. The summed E-state index contributed by atoms with van der Waals surface area (Å²) in [4.78, 5) is 9.50. The van der Waals surface area contributed by atoms with Gasteiger partial charge in [0, 0.05) is 13.7 Å². The second kappa shape index (κ2) is 21.6. The molecule has 1 rings (SSSR count). The summed E-state index contributed by atoms with van der Waals surface area (Å²) in [5.74, 6) is -0.529. The van der Waals surface area contributed by atoms with E-state index in [2.05, 4.69) is 11.4 Å². The van der Waals surface area contributed by atoms with Crippen molar-refractivity contribution in [3.05, 3.63) is 35.1 Å². The van der Waals surface area contributed by atoms with E-state index < -0.39 is 19.7 Å². The average molecular weight is 544 g/mol. The van der Waals surface area contributed by atoms with Crippen LogP contribution in [0.5, 0.6) is 0 Å². The molecule has 1 aromatic carbocycles. The molecule has 0 aliphatic rings. The third kappa shape index (κ3) is 18.5. The molecule has 212 valence electrons. The van der Waals surface area contributed by atoms with Gasteiger partial charge < -0.3 is 14.4 Å². The number of hydrogen-bond acceptors (Lipinski definition) is 6. The molecule has 0 bridgehead atoms. The lowest BCUT2D eigenvalue weighted by atomic mass is 10.0. The van der Waals surface area contributed by atoms with Crippen LogP contribution in [0.4, 0.5) is 4.39 Å². The van der Waals surface area contributed by atoms with Crippen LogP contribution < -0.4 is 0 Å². The molecule has 0 aliphatic carbocycles. The van der Waals surface area contributed by atoms with Crippen LogP contribution >= 0.6 is 7.82 Å². The molecule has 0 radical (unpaired) electrons. The van der Waals surface area contributed by atoms with Crippen molar-refractivity contribution >= 4 is 7.82 Å². The van der Waals surface area contributed by atoms with Crippen LogP contribution in [0.3, 0.4) is 0 Å². The van der Waals surface area contributed by atoms with Crippen LogP contribution in [0.25, 0.3) is 0 Å². The highest BCUT2D eigenvalue weighted by Crippen LogP contribution is 2.42. The molecule has 0 heterocycles. The number of phosphoric acid groups is 1. The van der Waals surface area contributed by atoms with Crippen LogP contribution in [0.1, 0.15) is 108 Å². The minimum atomic E-state index is -4.16. The van der Waals surface area contributed by atoms with Crippen LogP contribution in [0, 0.1) is 17.1 Å². The van der Waals surface area contributed by atoms with Crippen LogP contribution in [0.15, 0.2) is 18.2 Å². The Labute approximate surface area is 223 Å². The lowest BCUT2D eigenvalue weighted by Gasteiger charge is -2.19. The Bertz CT molecular complexity index is 803. The number of nitrogens with zero attached hydrogens (tertiary/aromatic N) is 1. The lowest BCUT2D eigenvalue weighted by molar-refractivity contribution is -0.0500. The number of hydrogen-bond donors (Lipinski definition) is 1. The number of nitriles is 1. The Morgan fingerprint density at radius 3 is 2.03 bits per heavy atom. The normalized spacial score (nSPS) is 13.8. The monoisotopic (exact) mass is 543 g/mol. The summed E-state index contributed by atoms with van der Waals surface area (Å²) in [6.45, 7) is 2.75. The van der Waals surface area contributed by atoms with Gasteiger partial charge in [-0.2, -0.15) is 5.26 Å². The summed E-state index contributed by atoms with van der Waals surface area (Å²) in [6, 6.07) is 5.85. The number of halogens is 1.